The lowest BCUT2D eigenvalue weighted by atomic mass is 10.1. The zero-order valence-electron chi connectivity index (χ0n) is 12.8. The second-order valence-electron chi connectivity index (χ2n) is 6.31. The van der Waals surface area contributed by atoms with Gasteiger partial charge in [-0.2, -0.15) is 0 Å². The van der Waals surface area contributed by atoms with E-state index in [2.05, 4.69) is 23.7 Å². The Morgan fingerprint density at radius 1 is 1.24 bits per heavy atom. The maximum absolute atomic E-state index is 13.9. The van der Waals surface area contributed by atoms with E-state index in [1.54, 1.807) is 18.3 Å². The molecule has 1 fully saturated rings. The van der Waals surface area contributed by atoms with Crippen molar-refractivity contribution in [1.82, 2.24) is 9.88 Å². The van der Waals surface area contributed by atoms with Crippen molar-refractivity contribution in [1.29, 1.82) is 0 Å². The number of hydrogen-bond donors (Lipinski definition) is 0. The largest absolute Gasteiger partial charge is 0.294 e. The Kier molecular flexibility index (Phi) is 4.20. The van der Waals surface area contributed by atoms with Crippen molar-refractivity contribution in [3.05, 3.63) is 41.8 Å². The molecule has 1 heterocycles. The monoisotopic (exact) mass is 286 g/mol. The fourth-order valence-electron chi connectivity index (χ4n) is 3.49. The van der Waals surface area contributed by atoms with Gasteiger partial charge in [-0.05, 0) is 50.5 Å². The summed E-state index contributed by atoms with van der Waals surface area (Å²) in [5.74, 6) is -0.182. The molecule has 21 heavy (non-hydrogen) atoms. The van der Waals surface area contributed by atoms with Crippen LogP contribution < -0.4 is 0 Å². The first-order chi connectivity index (χ1) is 10.2. The number of benzene rings is 1. The Hall–Kier alpha value is -1.48. The Morgan fingerprint density at radius 2 is 2.00 bits per heavy atom. The second kappa shape index (κ2) is 6.10. The summed E-state index contributed by atoms with van der Waals surface area (Å²) >= 11 is 0. The minimum Gasteiger partial charge on any atom is -0.294 e. The third-order valence-electron chi connectivity index (χ3n) is 4.61. The molecule has 1 saturated carbocycles. The van der Waals surface area contributed by atoms with Crippen LogP contribution in [0.5, 0.6) is 0 Å². The summed E-state index contributed by atoms with van der Waals surface area (Å²) < 4.78 is 13.9. The summed E-state index contributed by atoms with van der Waals surface area (Å²) in [6.07, 6.45) is 6.97. The SMILES string of the molecule is CC(C)N(Cc1ccc(F)c2cccnc12)C1CCCC1. The number of rotatable bonds is 4. The number of fused-ring (bicyclic) bond motifs is 1. The molecule has 2 nitrogen and oxygen atoms in total. The molecule has 0 bridgehead atoms. The molecule has 1 aliphatic rings. The Labute approximate surface area is 126 Å². The quantitative estimate of drug-likeness (QED) is 0.821. The van der Waals surface area contributed by atoms with Gasteiger partial charge in [0, 0.05) is 30.2 Å². The second-order valence-corrected chi connectivity index (χ2v) is 6.31. The Morgan fingerprint density at radius 3 is 2.71 bits per heavy atom. The molecule has 0 saturated heterocycles. The summed E-state index contributed by atoms with van der Waals surface area (Å²) in [5.41, 5.74) is 1.94. The van der Waals surface area contributed by atoms with E-state index in [9.17, 15) is 4.39 Å². The van der Waals surface area contributed by atoms with E-state index in [1.807, 2.05) is 12.1 Å². The molecule has 1 aliphatic carbocycles. The zero-order valence-corrected chi connectivity index (χ0v) is 12.8. The standard InChI is InChI=1S/C18H23FN2/c1-13(2)21(15-6-3-4-7-15)12-14-9-10-17(19)16-8-5-11-20-18(14)16/h5,8-11,13,15H,3-4,6-7,12H2,1-2H3. The van der Waals surface area contributed by atoms with Crippen LogP contribution in [-0.2, 0) is 6.54 Å². The van der Waals surface area contributed by atoms with Crippen LogP contribution in [0.15, 0.2) is 30.5 Å². The topological polar surface area (TPSA) is 16.1 Å². The van der Waals surface area contributed by atoms with Gasteiger partial charge in [0.1, 0.15) is 5.82 Å². The number of pyridine rings is 1. The lowest BCUT2D eigenvalue weighted by Gasteiger charge is -2.32. The highest BCUT2D eigenvalue weighted by molar-refractivity contribution is 5.82. The molecule has 112 valence electrons. The van der Waals surface area contributed by atoms with Crippen LogP contribution in [0.25, 0.3) is 10.9 Å². The molecule has 1 aromatic carbocycles. The van der Waals surface area contributed by atoms with Crippen LogP contribution in [0.1, 0.15) is 45.1 Å². The zero-order chi connectivity index (χ0) is 14.8. The fraction of sp³-hybridized carbons (Fsp3) is 0.500. The molecule has 0 atom stereocenters. The Balaban J connectivity index is 1.94. The summed E-state index contributed by atoms with van der Waals surface area (Å²) in [6, 6.07) is 8.25. The predicted molar refractivity (Wildman–Crippen MR) is 84.6 cm³/mol. The van der Waals surface area contributed by atoms with E-state index in [4.69, 9.17) is 0 Å². The molecule has 0 spiro atoms. The van der Waals surface area contributed by atoms with Crippen LogP contribution in [-0.4, -0.2) is 22.0 Å². The van der Waals surface area contributed by atoms with Gasteiger partial charge in [-0.1, -0.05) is 18.9 Å². The maximum Gasteiger partial charge on any atom is 0.132 e. The van der Waals surface area contributed by atoms with Crippen molar-refractivity contribution >= 4 is 10.9 Å². The maximum atomic E-state index is 13.9. The van der Waals surface area contributed by atoms with E-state index in [-0.39, 0.29) is 5.82 Å². The summed E-state index contributed by atoms with van der Waals surface area (Å²) in [7, 11) is 0. The van der Waals surface area contributed by atoms with Gasteiger partial charge in [0.15, 0.2) is 0 Å². The van der Waals surface area contributed by atoms with Crippen LogP contribution in [0.3, 0.4) is 0 Å². The lowest BCUT2D eigenvalue weighted by Crippen LogP contribution is -2.38. The van der Waals surface area contributed by atoms with Gasteiger partial charge in [0.2, 0.25) is 0 Å². The van der Waals surface area contributed by atoms with Gasteiger partial charge >= 0.3 is 0 Å². The molecule has 0 radical (unpaired) electrons. The molecule has 3 heteroatoms. The summed E-state index contributed by atoms with van der Waals surface area (Å²) in [5, 5.41) is 0.630. The molecular weight excluding hydrogens is 263 g/mol. The first-order valence-electron chi connectivity index (χ1n) is 7.94. The van der Waals surface area contributed by atoms with E-state index in [0.717, 1.165) is 17.6 Å². The van der Waals surface area contributed by atoms with Crippen LogP contribution >= 0.6 is 0 Å². The molecular formula is C18H23FN2. The van der Waals surface area contributed by atoms with Crippen LogP contribution in [0.2, 0.25) is 0 Å². The van der Waals surface area contributed by atoms with Crippen molar-refractivity contribution in [2.45, 2.75) is 58.2 Å². The molecule has 3 rings (SSSR count). The van der Waals surface area contributed by atoms with Crippen LogP contribution in [0, 0.1) is 5.82 Å². The molecule has 0 amide bonds. The number of halogens is 1. The van der Waals surface area contributed by atoms with Crippen molar-refractivity contribution in [3.63, 3.8) is 0 Å². The lowest BCUT2D eigenvalue weighted by molar-refractivity contribution is 0.146. The number of hydrogen-bond acceptors (Lipinski definition) is 2. The van der Waals surface area contributed by atoms with Gasteiger partial charge in [-0.3, -0.25) is 9.88 Å². The minimum atomic E-state index is -0.182. The average Bonchev–Trinajstić information content (AvgIpc) is 3.00. The van der Waals surface area contributed by atoms with E-state index < -0.39 is 0 Å². The fourth-order valence-corrected chi connectivity index (χ4v) is 3.49. The first kappa shape index (κ1) is 14.5. The highest BCUT2D eigenvalue weighted by Gasteiger charge is 2.25. The van der Waals surface area contributed by atoms with Gasteiger partial charge < -0.3 is 0 Å². The Bertz CT molecular complexity index is 618. The van der Waals surface area contributed by atoms with E-state index in [0.29, 0.717) is 17.5 Å². The third kappa shape index (κ3) is 2.93. The molecule has 2 aromatic rings. The highest BCUT2D eigenvalue weighted by Crippen LogP contribution is 2.28. The predicted octanol–water partition coefficient (Wildman–Crippen LogP) is 4.53. The number of aromatic nitrogens is 1. The molecule has 0 aliphatic heterocycles. The van der Waals surface area contributed by atoms with Crippen molar-refractivity contribution < 1.29 is 4.39 Å². The van der Waals surface area contributed by atoms with E-state index in [1.165, 1.54) is 25.7 Å². The normalized spacial score (nSPS) is 16.4. The van der Waals surface area contributed by atoms with E-state index >= 15 is 0 Å². The van der Waals surface area contributed by atoms with Gasteiger partial charge in [-0.25, -0.2) is 4.39 Å². The summed E-state index contributed by atoms with van der Waals surface area (Å²) in [4.78, 5) is 6.96. The first-order valence-corrected chi connectivity index (χ1v) is 7.94. The average molecular weight is 286 g/mol. The minimum absolute atomic E-state index is 0.182. The van der Waals surface area contributed by atoms with Crippen LogP contribution in [0.4, 0.5) is 4.39 Å². The smallest absolute Gasteiger partial charge is 0.132 e. The number of nitrogens with zero attached hydrogens (tertiary/aromatic N) is 2. The molecule has 1 aromatic heterocycles. The van der Waals surface area contributed by atoms with Gasteiger partial charge in [0.25, 0.3) is 0 Å². The highest BCUT2D eigenvalue weighted by atomic mass is 19.1. The van der Waals surface area contributed by atoms with Gasteiger partial charge in [0.05, 0.1) is 5.52 Å². The van der Waals surface area contributed by atoms with Gasteiger partial charge in [-0.15, -0.1) is 0 Å². The van der Waals surface area contributed by atoms with Crippen molar-refractivity contribution in [3.8, 4) is 0 Å². The van der Waals surface area contributed by atoms with Crippen molar-refractivity contribution in [2.24, 2.45) is 0 Å². The summed E-state index contributed by atoms with van der Waals surface area (Å²) in [6.45, 7) is 5.35. The molecule has 0 N–H and O–H groups in total. The van der Waals surface area contributed by atoms with Crippen molar-refractivity contribution in [2.75, 3.05) is 0 Å². The third-order valence-corrected chi connectivity index (χ3v) is 4.61. The molecule has 0 unspecified atom stereocenters.